The molecule has 1 aliphatic carbocycles. The molecule has 2 aliphatic rings. The summed E-state index contributed by atoms with van der Waals surface area (Å²) in [7, 11) is -1.20. The van der Waals surface area contributed by atoms with Crippen LogP contribution in [-0.2, 0) is 22.3 Å². The van der Waals surface area contributed by atoms with E-state index >= 15 is 0 Å². The van der Waals surface area contributed by atoms with Gasteiger partial charge in [-0.2, -0.15) is 0 Å². The van der Waals surface area contributed by atoms with Crippen LogP contribution < -0.4 is 4.72 Å². The number of benzene rings is 1. The SMILES string of the molecule is CC(C)(C[C@H](C1CC1)[C@@H]1CCC(N=[N+]=[N-])C(O)O1)S(=O)NCc1ccccc1. The Bertz CT molecular complexity index is 719. The van der Waals surface area contributed by atoms with Crippen LogP contribution in [-0.4, -0.2) is 32.5 Å². The van der Waals surface area contributed by atoms with E-state index in [-0.39, 0.29) is 12.0 Å². The standard InChI is InChI=1S/C20H30N4O3S/c1-20(2,28(26)22-13-14-6-4-3-5-7-14)12-16(15-8-9-15)18-11-10-17(23-24-21)19(25)27-18/h3-7,15-19,22,25H,8-13H2,1-2H3/t16-,17?,18+,19?,28?/m1/s1. The monoisotopic (exact) mass is 406 g/mol. The van der Waals surface area contributed by atoms with Gasteiger partial charge in [-0.3, -0.25) is 0 Å². The summed E-state index contributed by atoms with van der Waals surface area (Å²) in [5.74, 6) is 0.803. The third-order valence-electron chi connectivity index (χ3n) is 5.77. The second-order valence-corrected chi connectivity index (χ2v) is 10.4. The smallest absolute Gasteiger partial charge is 0.163 e. The lowest BCUT2D eigenvalue weighted by Crippen LogP contribution is -2.45. The van der Waals surface area contributed by atoms with E-state index < -0.39 is 28.1 Å². The first kappa shape index (κ1) is 21.3. The highest BCUT2D eigenvalue weighted by Gasteiger charge is 2.44. The normalized spacial score (nSPS) is 27.6. The molecule has 2 fully saturated rings. The lowest BCUT2D eigenvalue weighted by atomic mass is 9.84. The number of aliphatic hydroxyl groups is 1. The third-order valence-corrected chi connectivity index (χ3v) is 7.35. The fourth-order valence-electron chi connectivity index (χ4n) is 4.02. The Kier molecular flexibility index (Phi) is 7.12. The lowest BCUT2D eigenvalue weighted by Gasteiger charge is -2.39. The molecule has 2 N–H and O–H groups in total. The van der Waals surface area contributed by atoms with Crippen LogP contribution in [0.2, 0.25) is 0 Å². The van der Waals surface area contributed by atoms with E-state index in [1.807, 2.05) is 44.2 Å². The summed E-state index contributed by atoms with van der Waals surface area (Å²) in [5, 5.41) is 13.8. The highest BCUT2D eigenvalue weighted by molar-refractivity contribution is 7.84. The van der Waals surface area contributed by atoms with E-state index in [0.29, 0.717) is 18.9 Å². The summed E-state index contributed by atoms with van der Waals surface area (Å²) in [6.07, 6.45) is 3.30. The van der Waals surface area contributed by atoms with E-state index in [9.17, 15) is 9.32 Å². The van der Waals surface area contributed by atoms with Gasteiger partial charge in [0.15, 0.2) is 6.29 Å². The summed E-state index contributed by atoms with van der Waals surface area (Å²) >= 11 is 0. The van der Waals surface area contributed by atoms with Crippen LogP contribution in [0, 0.1) is 11.8 Å². The number of aliphatic hydroxyl groups excluding tert-OH is 1. The molecule has 7 nitrogen and oxygen atoms in total. The molecule has 1 aliphatic heterocycles. The second kappa shape index (κ2) is 9.37. The van der Waals surface area contributed by atoms with E-state index in [0.717, 1.165) is 31.2 Å². The zero-order valence-corrected chi connectivity index (χ0v) is 17.3. The van der Waals surface area contributed by atoms with Crippen LogP contribution in [0.15, 0.2) is 35.4 Å². The van der Waals surface area contributed by atoms with Gasteiger partial charge >= 0.3 is 0 Å². The maximum Gasteiger partial charge on any atom is 0.163 e. The van der Waals surface area contributed by atoms with E-state index in [1.54, 1.807) is 0 Å². The number of hydrogen-bond acceptors (Lipinski definition) is 4. The molecule has 1 saturated heterocycles. The average molecular weight is 407 g/mol. The van der Waals surface area contributed by atoms with E-state index in [1.165, 1.54) is 0 Å². The van der Waals surface area contributed by atoms with Gasteiger partial charge in [-0.1, -0.05) is 35.4 Å². The first-order chi connectivity index (χ1) is 13.4. The molecular weight excluding hydrogens is 376 g/mol. The molecule has 0 amide bonds. The Morgan fingerprint density at radius 1 is 1.32 bits per heavy atom. The highest BCUT2D eigenvalue weighted by Crippen LogP contribution is 2.46. The van der Waals surface area contributed by atoms with Gasteiger partial charge in [-0.25, -0.2) is 8.93 Å². The molecule has 1 aromatic rings. The fourth-order valence-corrected chi connectivity index (χ4v) is 5.05. The van der Waals surface area contributed by atoms with Gasteiger partial charge in [0.25, 0.3) is 0 Å². The minimum absolute atomic E-state index is 0.0851. The van der Waals surface area contributed by atoms with Gasteiger partial charge in [-0.15, -0.1) is 0 Å². The summed E-state index contributed by atoms with van der Waals surface area (Å²) < 4.78 is 21.5. The molecule has 28 heavy (non-hydrogen) atoms. The molecule has 3 rings (SSSR count). The number of hydrogen-bond donors (Lipinski definition) is 2. The Balaban J connectivity index is 1.59. The first-order valence-electron chi connectivity index (χ1n) is 9.98. The zero-order valence-electron chi connectivity index (χ0n) is 16.5. The van der Waals surface area contributed by atoms with Crippen molar-refractivity contribution in [2.24, 2.45) is 17.0 Å². The second-order valence-electron chi connectivity index (χ2n) is 8.46. The molecule has 5 atom stereocenters. The summed E-state index contributed by atoms with van der Waals surface area (Å²) in [6, 6.07) is 9.43. The molecule has 0 bridgehead atoms. The summed E-state index contributed by atoms with van der Waals surface area (Å²) in [5.41, 5.74) is 9.71. The molecule has 0 radical (unpaired) electrons. The van der Waals surface area contributed by atoms with Crippen LogP contribution in [0.25, 0.3) is 10.4 Å². The van der Waals surface area contributed by atoms with Crippen molar-refractivity contribution in [3.63, 3.8) is 0 Å². The molecule has 8 heteroatoms. The minimum Gasteiger partial charge on any atom is -0.368 e. The van der Waals surface area contributed by atoms with Crippen molar-refractivity contribution in [1.82, 2.24) is 4.72 Å². The van der Waals surface area contributed by atoms with Crippen molar-refractivity contribution in [2.45, 2.75) is 75.7 Å². The van der Waals surface area contributed by atoms with Crippen molar-refractivity contribution in [3.8, 4) is 0 Å². The van der Waals surface area contributed by atoms with Crippen molar-refractivity contribution < 1.29 is 14.1 Å². The Morgan fingerprint density at radius 2 is 2.04 bits per heavy atom. The lowest BCUT2D eigenvalue weighted by molar-refractivity contribution is -0.189. The van der Waals surface area contributed by atoms with Crippen LogP contribution in [0.4, 0.5) is 0 Å². The molecule has 3 unspecified atom stereocenters. The predicted molar refractivity (Wildman–Crippen MR) is 109 cm³/mol. The minimum atomic E-state index is -1.20. The van der Waals surface area contributed by atoms with Gasteiger partial charge in [0.05, 0.1) is 27.9 Å². The largest absolute Gasteiger partial charge is 0.368 e. The van der Waals surface area contributed by atoms with E-state index in [4.69, 9.17) is 10.3 Å². The van der Waals surface area contributed by atoms with Gasteiger partial charge in [-0.05, 0) is 68.9 Å². The van der Waals surface area contributed by atoms with Gasteiger partial charge in [0.1, 0.15) is 0 Å². The fraction of sp³-hybridized carbons (Fsp3) is 0.700. The molecule has 0 spiro atoms. The zero-order chi connectivity index (χ0) is 20.1. The summed E-state index contributed by atoms with van der Waals surface area (Å²) in [6.45, 7) is 4.62. The molecule has 154 valence electrons. The molecule has 1 saturated carbocycles. The average Bonchev–Trinajstić information content (AvgIpc) is 3.52. The van der Waals surface area contributed by atoms with Crippen LogP contribution in [0.3, 0.4) is 0 Å². The Hall–Kier alpha value is -1.44. The summed E-state index contributed by atoms with van der Waals surface area (Å²) in [4.78, 5) is 2.79. The van der Waals surface area contributed by atoms with Crippen molar-refractivity contribution in [1.29, 1.82) is 0 Å². The first-order valence-corrected chi connectivity index (χ1v) is 11.1. The number of nitrogens with one attached hydrogen (secondary N) is 1. The topological polar surface area (TPSA) is 107 Å². The Labute approximate surface area is 169 Å². The third kappa shape index (κ3) is 5.55. The van der Waals surface area contributed by atoms with Gasteiger partial charge < -0.3 is 9.84 Å². The van der Waals surface area contributed by atoms with Crippen molar-refractivity contribution in [2.75, 3.05) is 0 Å². The number of rotatable bonds is 9. The van der Waals surface area contributed by atoms with E-state index in [2.05, 4.69) is 14.7 Å². The number of azide groups is 1. The maximum atomic E-state index is 13.0. The van der Waals surface area contributed by atoms with Crippen LogP contribution in [0.5, 0.6) is 0 Å². The van der Waals surface area contributed by atoms with Gasteiger partial charge in [0.2, 0.25) is 0 Å². The Morgan fingerprint density at radius 3 is 2.64 bits per heavy atom. The highest BCUT2D eigenvalue weighted by atomic mass is 32.2. The molecule has 1 heterocycles. The molecule has 1 aromatic carbocycles. The van der Waals surface area contributed by atoms with Crippen LogP contribution >= 0.6 is 0 Å². The number of ether oxygens (including phenoxy) is 1. The number of nitrogens with zero attached hydrogens (tertiary/aromatic N) is 3. The van der Waals surface area contributed by atoms with Gasteiger partial charge in [0, 0.05) is 11.5 Å². The predicted octanol–water partition coefficient (Wildman–Crippen LogP) is 3.81. The maximum absolute atomic E-state index is 13.0. The molecular formula is C20H30N4O3S. The van der Waals surface area contributed by atoms with Crippen molar-refractivity contribution >= 4 is 11.0 Å². The quantitative estimate of drug-likeness (QED) is 0.370. The van der Waals surface area contributed by atoms with Crippen LogP contribution in [0.1, 0.15) is 51.5 Å². The molecule has 0 aromatic heterocycles. The van der Waals surface area contributed by atoms with Crippen molar-refractivity contribution in [3.05, 3.63) is 46.3 Å².